The fourth-order valence-corrected chi connectivity index (χ4v) is 3.67. The highest BCUT2D eigenvalue weighted by atomic mass is 32.1. The molecule has 0 bridgehead atoms. The van der Waals surface area contributed by atoms with Gasteiger partial charge in [-0.1, -0.05) is 23.5 Å². The zero-order chi connectivity index (χ0) is 18.7. The monoisotopic (exact) mass is 369 g/mol. The van der Waals surface area contributed by atoms with Crippen molar-refractivity contribution in [2.24, 2.45) is 5.92 Å². The molecule has 0 spiro atoms. The van der Waals surface area contributed by atoms with E-state index in [0.717, 1.165) is 28.3 Å². The smallest absolute Gasteiger partial charge is 0.253 e. The fraction of sp³-hybridized carbons (Fsp3) is 0.333. The minimum Gasteiger partial charge on any atom is -0.345 e. The van der Waals surface area contributed by atoms with E-state index in [1.807, 2.05) is 18.3 Å². The summed E-state index contributed by atoms with van der Waals surface area (Å²) in [5.74, 6) is -0.503. The van der Waals surface area contributed by atoms with Gasteiger partial charge in [-0.05, 0) is 30.7 Å². The first kappa shape index (κ1) is 18.0. The Bertz CT molecular complexity index is 864. The van der Waals surface area contributed by atoms with E-state index < -0.39 is 0 Å². The van der Waals surface area contributed by atoms with Crippen molar-refractivity contribution in [1.82, 2.24) is 15.2 Å². The molecular formula is C18H19N5O2S. The molecule has 1 aromatic heterocycles. The average molecular weight is 369 g/mol. The lowest BCUT2D eigenvalue weighted by molar-refractivity contribution is -0.121. The van der Waals surface area contributed by atoms with Crippen LogP contribution < -0.4 is 10.2 Å². The molecule has 1 aliphatic heterocycles. The number of carbonyl (C=O) groups excluding carboxylic acids is 2. The van der Waals surface area contributed by atoms with Crippen LogP contribution in [-0.2, 0) is 4.79 Å². The second kappa shape index (κ2) is 7.64. The molecule has 26 heavy (non-hydrogen) atoms. The van der Waals surface area contributed by atoms with E-state index in [1.54, 1.807) is 32.4 Å². The van der Waals surface area contributed by atoms with Gasteiger partial charge in [0.1, 0.15) is 0 Å². The molecule has 0 saturated carbocycles. The molecule has 3 rings (SSSR count). The number of nitriles is 1. The van der Waals surface area contributed by atoms with Gasteiger partial charge in [-0.2, -0.15) is 10.2 Å². The van der Waals surface area contributed by atoms with Crippen molar-refractivity contribution in [2.45, 2.75) is 6.42 Å². The highest BCUT2D eigenvalue weighted by Gasteiger charge is 2.29. The Hall–Kier alpha value is -2.76. The van der Waals surface area contributed by atoms with E-state index in [-0.39, 0.29) is 17.7 Å². The van der Waals surface area contributed by atoms with E-state index in [1.165, 1.54) is 16.2 Å². The van der Waals surface area contributed by atoms with Crippen LogP contribution in [0.4, 0.5) is 5.13 Å². The highest BCUT2D eigenvalue weighted by Crippen LogP contribution is 2.32. The van der Waals surface area contributed by atoms with Crippen molar-refractivity contribution >= 4 is 28.3 Å². The molecule has 1 atom stereocenters. The minimum absolute atomic E-state index is 0.0841. The summed E-state index contributed by atoms with van der Waals surface area (Å²) >= 11 is 1.26. The number of thiazole rings is 1. The molecule has 1 aliphatic rings. The normalized spacial score (nSPS) is 16.1. The molecule has 134 valence electrons. The Morgan fingerprint density at radius 3 is 2.85 bits per heavy atom. The van der Waals surface area contributed by atoms with Crippen molar-refractivity contribution in [2.75, 3.05) is 32.1 Å². The molecule has 2 aromatic rings. The minimum atomic E-state index is -0.227. The van der Waals surface area contributed by atoms with Crippen molar-refractivity contribution in [3.8, 4) is 16.6 Å². The molecule has 2 amide bonds. The van der Waals surface area contributed by atoms with Crippen molar-refractivity contribution in [3.63, 3.8) is 0 Å². The number of amides is 2. The molecule has 2 heterocycles. The second-order valence-electron chi connectivity index (χ2n) is 6.25. The van der Waals surface area contributed by atoms with Gasteiger partial charge in [-0.3, -0.25) is 9.59 Å². The van der Waals surface area contributed by atoms with Crippen molar-refractivity contribution < 1.29 is 9.59 Å². The van der Waals surface area contributed by atoms with Gasteiger partial charge in [-0.25, -0.2) is 4.98 Å². The zero-order valence-electron chi connectivity index (χ0n) is 14.6. The van der Waals surface area contributed by atoms with E-state index in [2.05, 4.69) is 10.3 Å². The number of aromatic nitrogens is 1. The standard InChI is InChI=1S/C18H19N5O2S/c1-22(2)16(24)13-5-3-4-12(8-13)15-10-21-18(26-15)23(11-19)17(25)14-6-7-20-9-14/h3-5,8,10,14,20H,6-7,9H2,1-2H3/t14-/m0/s1. The van der Waals surface area contributed by atoms with Crippen LogP contribution in [0.3, 0.4) is 0 Å². The van der Waals surface area contributed by atoms with Gasteiger partial charge < -0.3 is 10.2 Å². The molecular weight excluding hydrogens is 350 g/mol. The lowest BCUT2D eigenvalue weighted by atomic mass is 10.1. The molecule has 8 heteroatoms. The molecule has 7 nitrogen and oxygen atoms in total. The van der Waals surface area contributed by atoms with Crippen LogP contribution in [0.15, 0.2) is 30.5 Å². The maximum Gasteiger partial charge on any atom is 0.253 e. The van der Waals surface area contributed by atoms with E-state index in [0.29, 0.717) is 17.2 Å². The maximum absolute atomic E-state index is 12.5. The Kier molecular flexibility index (Phi) is 5.30. The molecule has 1 N–H and O–H groups in total. The summed E-state index contributed by atoms with van der Waals surface area (Å²) in [5, 5.41) is 12.9. The van der Waals surface area contributed by atoms with Gasteiger partial charge in [-0.15, -0.1) is 0 Å². The van der Waals surface area contributed by atoms with Crippen LogP contribution in [0, 0.1) is 17.4 Å². The van der Waals surface area contributed by atoms with Crippen LogP contribution in [0.25, 0.3) is 10.4 Å². The highest BCUT2D eigenvalue weighted by molar-refractivity contribution is 7.19. The summed E-state index contributed by atoms with van der Waals surface area (Å²) in [4.78, 5) is 32.3. The molecule has 1 fully saturated rings. The van der Waals surface area contributed by atoms with Gasteiger partial charge >= 0.3 is 0 Å². The van der Waals surface area contributed by atoms with E-state index >= 15 is 0 Å². The number of hydrogen-bond acceptors (Lipinski definition) is 6. The summed E-state index contributed by atoms with van der Waals surface area (Å²) in [6.45, 7) is 1.37. The number of anilines is 1. The summed E-state index contributed by atoms with van der Waals surface area (Å²) in [7, 11) is 3.40. The largest absolute Gasteiger partial charge is 0.345 e. The maximum atomic E-state index is 12.5. The summed E-state index contributed by atoms with van der Waals surface area (Å²) in [6, 6.07) is 7.23. The Balaban J connectivity index is 1.85. The number of rotatable bonds is 4. The predicted octanol–water partition coefficient (Wildman–Crippen LogP) is 1.94. The SMILES string of the molecule is CN(C)C(=O)c1cccc(-c2cnc(N(C#N)C(=O)[C@H]3CCNC3)s2)c1. The predicted molar refractivity (Wildman–Crippen MR) is 99.6 cm³/mol. The van der Waals surface area contributed by atoms with Crippen LogP contribution in [0.1, 0.15) is 16.8 Å². The van der Waals surface area contributed by atoms with Gasteiger partial charge in [0.05, 0.1) is 10.8 Å². The Labute approximate surface area is 155 Å². The quantitative estimate of drug-likeness (QED) is 0.657. The number of hydrogen-bond donors (Lipinski definition) is 1. The first-order valence-corrected chi connectivity index (χ1v) is 9.05. The average Bonchev–Trinajstić information content (AvgIpc) is 3.34. The first-order chi connectivity index (χ1) is 12.5. The first-order valence-electron chi connectivity index (χ1n) is 8.23. The number of benzene rings is 1. The van der Waals surface area contributed by atoms with Crippen LogP contribution in [-0.4, -0.2) is 48.9 Å². The van der Waals surface area contributed by atoms with Crippen LogP contribution in [0.5, 0.6) is 0 Å². The summed E-state index contributed by atoms with van der Waals surface area (Å²) in [6.07, 6.45) is 4.30. The molecule has 0 unspecified atom stereocenters. The van der Waals surface area contributed by atoms with Crippen LogP contribution in [0.2, 0.25) is 0 Å². The third kappa shape index (κ3) is 3.59. The third-order valence-corrected chi connectivity index (χ3v) is 5.25. The molecule has 1 saturated heterocycles. The topological polar surface area (TPSA) is 89.3 Å². The van der Waals surface area contributed by atoms with Gasteiger partial charge in [0.2, 0.25) is 11.0 Å². The molecule has 0 radical (unpaired) electrons. The lowest BCUT2D eigenvalue weighted by Crippen LogP contribution is -2.33. The number of nitrogens with zero attached hydrogens (tertiary/aromatic N) is 4. The van der Waals surface area contributed by atoms with E-state index in [9.17, 15) is 14.9 Å². The zero-order valence-corrected chi connectivity index (χ0v) is 15.4. The Morgan fingerprint density at radius 2 is 2.19 bits per heavy atom. The van der Waals surface area contributed by atoms with Crippen molar-refractivity contribution in [1.29, 1.82) is 5.26 Å². The lowest BCUT2D eigenvalue weighted by Gasteiger charge is -2.14. The van der Waals surface area contributed by atoms with E-state index in [4.69, 9.17) is 0 Å². The summed E-state index contributed by atoms with van der Waals surface area (Å²) in [5.41, 5.74) is 1.40. The van der Waals surface area contributed by atoms with Gasteiger partial charge in [0.25, 0.3) is 5.91 Å². The summed E-state index contributed by atoms with van der Waals surface area (Å²) < 4.78 is 0. The molecule has 1 aromatic carbocycles. The van der Waals surface area contributed by atoms with Gasteiger partial charge in [0, 0.05) is 32.4 Å². The van der Waals surface area contributed by atoms with Crippen molar-refractivity contribution in [3.05, 3.63) is 36.0 Å². The number of carbonyl (C=O) groups is 2. The van der Waals surface area contributed by atoms with Gasteiger partial charge in [0.15, 0.2) is 6.19 Å². The third-order valence-electron chi connectivity index (χ3n) is 4.21. The molecule has 0 aliphatic carbocycles. The number of nitrogens with one attached hydrogen (secondary N) is 1. The fourth-order valence-electron chi connectivity index (χ4n) is 2.80. The Morgan fingerprint density at radius 1 is 1.38 bits per heavy atom. The second-order valence-corrected chi connectivity index (χ2v) is 7.26. The van der Waals surface area contributed by atoms with Crippen LogP contribution >= 0.6 is 11.3 Å².